The van der Waals surface area contributed by atoms with Gasteiger partial charge in [-0.05, 0) is 37.6 Å². The smallest absolute Gasteiger partial charge is 0.216 e. The van der Waals surface area contributed by atoms with E-state index in [0.717, 1.165) is 24.6 Å². The summed E-state index contributed by atoms with van der Waals surface area (Å²) in [6, 6.07) is 2.32. The van der Waals surface area contributed by atoms with Crippen molar-refractivity contribution in [2.45, 2.75) is 58.4 Å². The fraction of sp³-hybridized carbons (Fsp3) is 0.765. The van der Waals surface area contributed by atoms with Crippen LogP contribution in [0.4, 0.5) is 0 Å². The van der Waals surface area contributed by atoms with Crippen molar-refractivity contribution in [3.63, 3.8) is 0 Å². The Morgan fingerprint density at radius 1 is 1.33 bits per heavy atom. The van der Waals surface area contributed by atoms with E-state index in [4.69, 9.17) is 4.74 Å². The predicted molar refractivity (Wildman–Crippen MR) is 85.4 cm³/mol. The second kappa shape index (κ2) is 8.32. The Morgan fingerprint density at radius 3 is 2.90 bits per heavy atom. The molecule has 1 aromatic rings. The summed E-state index contributed by atoms with van der Waals surface area (Å²) in [6.45, 7) is 5.56. The molecule has 1 N–H and O–H groups in total. The second-order valence-corrected chi connectivity index (χ2v) is 6.12. The van der Waals surface area contributed by atoms with Crippen LogP contribution in [0.5, 0.6) is 5.88 Å². The lowest BCUT2D eigenvalue weighted by molar-refractivity contribution is 0.206. The standard InChI is InChI=1S/C17H29N3O/c1-4-9-18-17(14-8-6-7-13(5-2)10-14)15-11-16(21-3)20-12-19-15/h11-14,17-18H,4-10H2,1-3H3. The third-order valence-electron chi connectivity index (χ3n) is 4.68. The van der Waals surface area contributed by atoms with E-state index in [1.54, 1.807) is 13.4 Å². The molecule has 0 spiro atoms. The van der Waals surface area contributed by atoms with Gasteiger partial charge in [0.15, 0.2) is 0 Å². The van der Waals surface area contributed by atoms with E-state index >= 15 is 0 Å². The Labute approximate surface area is 128 Å². The summed E-state index contributed by atoms with van der Waals surface area (Å²) in [5.74, 6) is 2.21. The summed E-state index contributed by atoms with van der Waals surface area (Å²) in [6.07, 6.45) is 9.40. The Morgan fingerprint density at radius 2 is 2.19 bits per heavy atom. The summed E-state index contributed by atoms with van der Waals surface area (Å²) in [7, 11) is 1.66. The first kappa shape index (κ1) is 16.2. The zero-order chi connectivity index (χ0) is 15.1. The molecule has 0 aliphatic heterocycles. The molecule has 1 aromatic heterocycles. The van der Waals surface area contributed by atoms with Gasteiger partial charge in [0, 0.05) is 6.07 Å². The number of nitrogens with one attached hydrogen (secondary N) is 1. The van der Waals surface area contributed by atoms with E-state index in [1.807, 2.05) is 6.07 Å². The molecule has 0 amide bonds. The third-order valence-corrected chi connectivity index (χ3v) is 4.68. The minimum absolute atomic E-state index is 0.330. The van der Waals surface area contributed by atoms with Crippen LogP contribution in [0.15, 0.2) is 12.4 Å². The van der Waals surface area contributed by atoms with Crippen LogP contribution >= 0.6 is 0 Å². The zero-order valence-electron chi connectivity index (χ0n) is 13.6. The fourth-order valence-electron chi connectivity index (χ4n) is 3.45. The minimum Gasteiger partial charge on any atom is -0.481 e. The first-order valence-electron chi connectivity index (χ1n) is 8.37. The van der Waals surface area contributed by atoms with E-state index in [2.05, 4.69) is 29.1 Å². The largest absolute Gasteiger partial charge is 0.481 e. The first-order valence-corrected chi connectivity index (χ1v) is 8.37. The molecule has 1 aliphatic carbocycles. The molecule has 3 atom stereocenters. The van der Waals surface area contributed by atoms with Crippen LogP contribution in [0.3, 0.4) is 0 Å². The number of aromatic nitrogens is 2. The van der Waals surface area contributed by atoms with Crippen molar-refractivity contribution in [2.75, 3.05) is 13.7 Å². The molecular weight excluding hydrogens is 262 g/mol. The summed E-state index contributed by atoms with van der Waals surface area (Å²) in [5.41, 5.74) is 1.08. The van der Waals surface area contributed by atoms with E-state index in [1.165, 1.54) is 32.1 Å². The molecule has 1 aliphatic rings. The SMILES string of the molecule is CCCNC(c1cc(OC)ncn1)C1CCCC(CC)C1. The number of methoxy groups -OCH3 is 1. The van der Waals surface area contributed by atoms with Gasteiger partial charge < -0.3 is 10.1 Å². The molecule has 4 heteroatoms. The lowest BCUT2D eigenvalue weighted by Gasteiger charge is -2.34. The summed E-state index contributed by atoms with van der Waals surface area (Å²) < 4.78 is 5.26. The Hall–Kier alpha value is -1.16. The molecule has 2 rings (SSSR count). The molecule has 21 heavy (non-hydrogen) atoms. The summed E-state index contributed by atoms with van der Waals surface area (Å²) in [4.78, 5) is 8.65. The highest BCUT2D eigenvalue weighted by atomic mass is 16.5. The Balaban J connectivity index is 2.16. The molecule has 0 aromatic carbocycles. The van der Waals surface area contributed by atoms with Crippen LogP contribution in [-0.4, -0.2) is 23.6 Å². The topological polar surface area (TPSA) is 47.0 Å². The maximum Gasteiger partial charge on any atom is 0.216 e. The van der Waals surface area contributed by atoms with Gasteiger partial charge in [0.1, 0.15) is 6.33 Å². The maximum absolute atomic E-state index is 5.26. The number of hydrogen-bond donors (Lipinski definition) is 1. The molecular formula is C17H29N3O. The van der Waals surface area contributed by atoms with Gasteiger partial charge in [-0.1, -0.05) is 33.1 Å². The van der Waals surface area contributed by atoms with Crippen molar-refractivity contribution >= 4 is 0 Å². The van der Waals surface area contributed by atoms with E-state index in [0.29, 0.717) is 17.8 Å². The van der Waals surface area contributed by atoms with E-state index in [-0.39, 0.29) is 0 Å². The highest BCUT2D eigenvalue weighted by Crippen LogP contribution is 2.38. The predicted octanol–water partition coefficient (Wildman–Crippen LogP) is 3.74. The van der Waals surface area contributed by atoms with Gasteiger partial charge in [-0.25, -0.2) is 9.97 Å². The van der Waals surface area contributed by atoms with Crippen molar-refractivity contribution in [3.05, 3.63) is 18.1 Å². The van der Waals surface area contributed by atoms with Crippen molar-refractivity contribution < 1.29 is 4.74 Å². The minimum atomic E-state index is 0.330. The number of rotatable bonds is 7. The maximum atomic E-state index is 5.26. The van der Waals surface area contributed by atoms with Crippen LogP contribution < -0.4 is 10.1 Å². The van der Waals surface area contributed by atoms with Crippen LogP contribution in [-0.2, 0) is 0 Å². The third kappa shape index (κ3) is 4.40. The van der Waals surface area contributed by atoms with Crippen LogP contribution in [0.1, 0.15) is 64.1 Å². The zero-order valence-corrected chi connectivity index (χ0v) is 13.6. The highest BCUT2D eigenvalue weighted by molar-refractivity contribution is 5.17. The summed E-state index contributed by atoms with van der Waals surface area (Å²) in [5, 5.41) is 3.71. The molecule has 0 radical (unpaired) electrons. The average Bonchev–Trinajstić information content (AvgIpc) is 2.55. The Kier molecular flexibility index (Phi) is 6.43. The Bertz CT molecular complexity index is 424. The molecule has 0 saturated heterocycles. The number of ether oxygens (including phenoxy) is 1. The summed E-state index contributed by atoms with van der Waals surface area (Å²) >= 11 is 0. The van der Waals surface area contributed by atoms with Gasteiger partial charge in [-0.3, -0.25) is 0 Å². The molecule has 1 fully saturated rings. The molecule has 4 nitrogen and oxygen atoms in total. The lowest BCUT2D eigenvalue weighted by atomic mass is 9.76. The van der Waals surface area contributed by atoms with Crippen molar-refractivity contribution in [2.24, 2.45) is 11.8 Å². The average molecular weight is 291 g/mol. The number of nitrogens with zero attached hydrogens (tertiary/aromatic N) is 2. The fourth-order valence-corrected chi connectivity index (χ4v) is 3.45. The quantitative estimate of drug-likeness (QED) is 0.831. The molecule has 1 heterocycles. The van der Waals surface area contributed by atoms with Gasteiger partial charge in [0.25, 0.3) is 0 Å². The van der Waals surface area contributed by atoms with E-state index in [9.17, 15) is 0 Å². The lowest BCUT2D eigenvalue weighted by Crippen LogP contribution is -2.32. The van der Waals surface area contributed by atoms with Gasteiger partial charge in [-0.2, -0.15) is 0 Å². The van der Waals surface area contributed by atoms with Crippen molar-refractivity contribution in [3.8, 4) is 5.88 Å². The van der Waals surface area contributed by atoms with Crippen LogP contribution in [0.2, 0.25) is 0 Å². The second-order valence-electron chi connectivity index (χ2n) is 6.12. The van der Waals surface area contributed by atoms with Crippen LogP contribution in [0, 0.1) is 11.8 Å². The molecule has 118 valence electrons. The van der Waals surface area contributed by atoms with Crippen molar-refractivity contribution in [1.82, 2.24) is 15.3 Å². The first-order chi connectivity index (χ1) is 10.3. The van der Waals surface area contributed by atoms with Gasteiger partial charge in [0.2, 0.25) is 5.88 Å². The normalized spacial score (nSPS) is 23.8. The van der Waals surface area contributed by atoms with E-state index < -0.39 is 0 Å². The molecule has 1 saturated carbocycles. The number of hydrogen-bond acceptors (Lipinski definition) is 4. The van der Waals surface area contributed by atoms with Gasteiger partial charge >= 0.3 is 0 Å². The van der Waals surface area contributed by atoms with Crippen LogP contribution in [0.25, 0.3) is 0 Å². The van der Waals surface area contributed by atoms with Gasteiger partial charge in [-0.15, -0.1) is 0 Å². The van der Waals surface area contributed by atoms with Gasteiger partial charge in [0.05, 0.1) is 18.8 Å². The van der Waals surface area contributed by atoms with Crippen molar-refractivity contribution in [1.29, 1.82) is 0 Å². The molecule has 0 bridgehead atoms. The molecule has 3 unspecified atom stereocenters. The highest BCUT2D eigenvalue weighted by Gasteiger charge is 2.29. The monoisotopic (exact) mass is 291 g/mol.